The molecule has 1 heterocycles. The molecule has 1 aromatic rings. The second-order valence-corrected chi connectivity index (χ2v) is 5.88. The number of benzene rings is 1. The first-order valence-electron chi connectivity index (χ1n) is 7.19. The summed E-state index contributed by atoms with van der Waals surface area (Å²) in [7, 11) is 1.75. The van der Waals surface area contributed by atoms with Crippen LogP contribution in [0.3, 0.4) is 0 Å². The molecule has 1 aromatic carbocycles. The van der Waals surface area contributed by atoms with Crippen LogP contribution in [-0.4, -0.2) is 20.2 Å². The molecule has 1 atom stereocenters. The Morgan fingerprint density at radius 3 is 2.83 bits per heavy atom. The van der Waals surface area contributed by atoms with Crippen LogP contribution in [0.2, 0.25) is 0 Å². The first-order valence-corrected chi connectivity index (χ1v) is 7.19. The molecule has 2 aliphatic rings. The molecule has 1 spiro atoms. The summed E-state index contributed by atoms with van der Waals surface area (Å²) < 4.78 is 5.37. The van der Waals surface area contributed by atoms with E-state index in [2.05, 4.69) is 23.5 Å². The van der Waals surface area contributed by atoms with Crippen molar-refractivity contribution in [3.05, 3.63) is 29.8 Å². The molecule has 0 amide bonds. The summed E-state index contributed by atoms with van der Waals surface area (Å²) in [5.41, 5.74) is 1.98. The molecule has 0 radical (unpaired) electrons. The minimum atomic E-state index is 0.518. The van der Waals surface area contributed by atoms with E-state index in [0.717, 1.165) is 12.3 Å². The van der Waals surface area contributed by atoms with Gasteiger partial charge < -0.3 is 10.1 Å². The third-order valence-corrected chi connectivity index (χ3v) is 4.91. The van der Waals surface area contributed by atoms with Gasteiger partial charge in [0.2, 0.25) is 0 Å². The summed E-state index contributed by atoms with van der Waals surface area (Å²) in [6.07, 6.45) is 7.01. The number of nitrogens with one attached hydrogen (secondary N) is 1. The van der Waals surface area contributed by atoms with Crippen molar-refractivity contribution in [3.8, 4) is 5.75 Å². The van der Waals surface area contributed by atoms with Gasteiger partial charge in [-0.15, -0.1) is 0 Å². The van der Waals surface area contributed by atoms with Crippen molar-refractivity contribution in [3.63, 3.8) is 0 Å². The Kier molecular flexibility index (Phi) is 3.29. The Morgan fingerprint density at radius 1 is 1.22 bits per heavy atom. The van der Waals surface area contributed by atoms with Gasteiger partial charge in [-0.3, -0.25) is 0 Å². The fraction of sp³-hybridized carbons (Fsp3) is 0.625. The molecule has 0 aromatic heterocycles. The van der Waals surface area contributed by atoms with Crippen LogP contribution < -0.4 is 10.1 Å². The van der Waals surface area contributed by atoms with E-state index in [0.29, 0.717) is 11.3 Å². The minimum Gasteiger partial charge on any atom is -0.497 e. The normalized spacial score (nSPS) is 26.4. The van der Waals surface area contributed by atoms with Crippen LogP contribution in [0.15, 0.2) is 24.3 Å². The maximum Gasteiger partial charge on any atom is 0.119 e. The van der Waals surface area contributed by atoms with Crippen LogP contribution in [0.25, 0.3) is 0 Å². The summed E-state index contributed by atoms with van der Waals surface area (Å²) in [5.74, 6) is 1.67. The van der Waals surface area contributed by atoms with Crippen LogP contribution in [0, 0.1) is 5.41 Å². The standard InChI is InChI=1S/C16H23NO/c1-18-14-7-5-6-13(10-14)15-11-17-12-16(15)8-3-2-4-9-16/h5-7,10,15,17H,2-4,8-9,11-12H2,1H3. The van der Waals surface area contributed by atoms with Crippen molar-refractivity contribution < 1.29 is 4.74 Å². The van der Waals surface area contributed by atoms with E-state index in [9.17, 15) is 0 Å². The summed E-state index contributed by atoms with van der Waals surface area (Å²) in [4.78, 5) is 0. The number of rotatable bonds is 2. The lowest BCUT2D eigenvalue weighted by atomic mass is 9.66. The van der Waals surface area contributed by atoms with Gasteiger partial charge in [0.15, 0.2) is 0 Å². The van der Waals surface area contributed by atoms with Crippen molar-refractivity contribution in [1.29, 1.82) is 0 Å². The summed E-state index contributed by atoms with van der Waals surface area (Å²) in [5, 5.41) is 3.63. The average Bonchev–Trinajstić information content (AvgIpc) is 2.83. The van der Waals surface area contributed by atoms with Gasteiger partial charge in [-0.1, -0.05) is 31.4 Å². The zero-order valence-corrected chi connectivity index (χ0v) is 11.2. The third-order valence-electron chi connectivity index (χ3n) is 4.91. The topological polar surface area (TPSA) is 21.3 Å². The largest absolute Gasteiger partial charge is 0.497 e. The highest BCUT2D eigenvalue weighted by Crippen LogP contribution is 2.49. The molecule has 0 bridgehead atoms. The molecule has 1 aliphatic carbocycles. The van der Waals surface area contributed by atoms with Gasteiger partial charge in [0.25, 0.3) is 0 Å². The Balaban J connectivity index is 1.89. The van der Waals surface area contributed by atoms with Crippen molar-refractivity contribution in [1.82, 2.24) is 5.32 Å². The fourth-order valence-electron chi connectivity index (χ4n) is 3.92. The Bertz CT molecular complexity index is 409. The first kappa shape index (κ1) is 12.0. The Hall–Kier alpha value is -1.02. The van der Waals surface area contributed by atoms with Crippen LogP contribution in [0.1, 0.15) is 43.6 Å². The van der Waals surface area contributed by atoms with Crippen molar-refractivity contribution >= 4 is 0 Å². The number of ether oxygens (including phenoxy) is 1. The van der Waals surface area contributed by atoms with E-state index in [1.54, 1.807) is 7.11 Å². The summed E-state index contributed by atoms with van der Waals surface area (Å²) >= 11 is 0. The highest BCUT2D eigenvalue weighted by molar-refractivity contribution is 5.33. The van der Waals surface area contributed by atoms with Gasteiger partial charge in [-0.05, 0) is 36.0 Å². The predicted molar refractivity (Wildman–Crippen MR) is 74.1 cm³/mol. The van der Waals surface area contributed by atoms with Gasteiger partial charge in [0.1, 0.15) is 5.75 Å². The smallest absolute Gasteiger partial charge is 0.119 e. The second-order valence-electron chi connectivity index (χ2n) is 5.88. The first-order chi connectivity index (χ1) is 8.84. The molecule has 1 unspecified atom stereocenters. The molecule has 18 heavy (non-hydrogen) atoms. The minimum absolute atomic E-state index is 0.518. The van der Waals surface area contributed by atoms with Crippen LogP contribution in [0.4, 0.5) is 0 Å². The van der Waals surface area contributed by atoms with E-state index in [1.165, 1.54) is 44.2 Å². The van der Waals surface area contributed by atoms with Crippen LogP contribution in [-0.2, 0) is 0 Å². The quantitative estimate of drug-likeness (QED) is 0.863. The summed E-state index contributed by atoms with van der Waals surface area (Å²) in [6, 6.07) is 8.67. The fourth-order valence-corrected chi connectivity index (χ4v) is 3.92. The van der Waals surface area contributed by atoms with Crippen molar-refractivity contribution in [2.75, 3.05) is 20.2 Å². The second kappa shape index (κ2) is 4.93. The molecule has 2 fully saturated rings. The molecule has 1 aliphatic heterocycles. The van der Waals surface area contributed by atoms with E-state index in [-0.39, 0.29) is 0 Å². The maximum absolute atomic E-state index is 5.37. The number of hydrogen-bond donors (Lipinski definition) is 1. The third kappa shape index (κ3) is 2.03. The number of hydrogen-bond acceptors (Lipinski definition) is 2. The predicted octanol–water partition coefficient (Wildman–Crippen LogP) is 3.33. The number of methoxy groups -OCH3 is 1. The maximum atomic E-state index is 5.37. The van der Waals surface area contributed by atoms with Gasteiger partial charge >= 0.3 is 0 Å². The monoisotopic (exact) mass is 245 g/mol. The highest BCUT2D eigenvalue weighted by atomic mass is 16.5. The zero-order valence-electron chi connectivity index (χ0n) is 11.2. The molecular weight excluding hydrogens is 222 g/mol. The van der Waals surface area contributed by atoms with Gasteiger partial charge in [0, 0.05) is 19.0 Å². The average molecular weight is 245 g/mol. The van der Waals surface area contributed by atoms with E-state index in [4.69, 9.17) is 4.74 Å². The molecule has 2 heteroatoms. The van der Waals surface area contributed by atoms with Crippen molar-refractivity contribution in [2.45, 2.75) is 38.0 Å². The Labute approximate surface area is 110 Å². The lowest BCUT2D eigenvalue weighted by Gasteiger charge is -2.38. The molecule has 2 nitrogen and oxygen atoms in total. The zero-order chi connectivity index (χ0) is 12.4. The molecular formula is C16H23NO. The van der Waals surface area contributed by atoms with Crippen LogP contribution in [0.5, 0.6) is 5.75 Å². The molecule has 1 N–H and O–H groups in total. The summed E-state index contributed by atoms with van der Waals surface area (Å²) in [6.45, 7) is 2.34. The van der Waals surface area contributed by atoms with Gasteiger partial charge in [-0.2, -0.15) is 0 Å². The SMILES string of the molecule is COc1cccc(C2CNCC23CCCCC3)c1. The van der Waals surface area contributed by atoms with E-state index in [1.807, 2.05) is 6.07 Å². The van der Waals surface area contributed by atoms with E-state index < -0.39 is 0 Å². The molecule has 1 saturated heterocycles. The van der Waals surface area contributed by atoms with E-state index >= 15 is 0 Å². The molecule has 1 saturated carbocycles. The van der Waals surface area contributed by atoms with Gasteiger partial charge in [-0.25, -0.2) is 0 Å². The lowest BCUT2D eigenvalue weighted by molar-refractivity contribution is 0.189. The molecule has 3 rings (SSSR count). The lowest BCUT2D eigenvalue weighted by Crippen LogP contribution is -2.31. The Morgan fingerprint density at radius 2 is 2.06 bits per heavy atom. The van der Waals surface area contributed by atoms with Gasteiger partial charge in [0.05, 0.1) is 7.11 Å². The van der Waals surface area contributed by atoms with Crippen LogP contribution >= 0.6 is 0 Å². The molecule has 98 valence electrons. The van der Waals surface area contributed by atoms with Crippen molar-refractivity contribution in [2.24, 2.45) is 5.41 Å². The highest BCUT2D eigenvalue weighted by Gasteiger charge is 2.43.